The predicted octanol–water partition coefficient (Wildman–Crippen LogP) is 2.15. The van der Waals surface area contributed by atoms with Crippen molar-refractivity contribution in [3.05, 3.63) is 47.5 Å². The van der Waals surface area contributed by atoms with Crippen molar-refractivity contribution < 1.29 is 37.1 Å². The van der Waals surface area contributed by atoms with Crippen LogP contribution in [0, 0.1) is 17.2 Å². The molecule has 15 heteroatoms. The Bertz CT molecular complexity index is 1660. The average Bonchev–Trinajstić information content (AvgIpc) is 3.95. The van der Waals surface area contributed by atoms with E-state index in [9.17, 15) is 32.4 Å². The molecule has 5 amide bonds. The number of sulfonamides is 1. The van der Waals surface area contributed by atoms with Gasteiger partial charge < -0.3 is 25.6 Å². The number of amides is 5. The molecular formula is C34H44N6O8S. The molecule has 49 heavy (non-hydrogen) atoms. The molecule has 0 bridgehead atoms. The average molecular weight is 697 g/mol. The highest BCUT2D eigenvalue weighted by atomic mass is 32.2. The Morgan fingerprint density at radius 3 is 2.41 bits per heavy atom. The fourth-order valence-electron chi connectivity index (χ4n) is 6.32. The third kappa shape index (κ3) is 8.78. The lowest BCUT2D eigenvalue weighted by Crippen LogP contribution is -2.58. The fraction of sp³-hybridized carbons (Fsp3) is 0.588. The van der Waals surface area contributed by atoms with E-state index in [1.165, 1.54) is 29.2 Å². The van der Waals surface area contributed by atoms with Gasteiger partial charge in [-0.15, -0.1) is 0 Å². The van der Waals surface area contributed by atoms with Crippen LogP contribution < -0.4 is 20.7 Å². The molecule has 1 aromatic carbocycles. The van der Waals surface area contributed by atoms with E-state index >= 15 is 0 Å². The lowest BCUT2D eigenvalue weighted by molar-refractivity contribution is -0.141. The molecule has 4 aliphatic rings. The van der Waals surface area contributed by atoms with E-state index in [1.54, 1.807) is 20.8 Å². The summed E-state index contributed by atoms with van der Waals surface area (Å²) >= 11 is 0. The number of benzene rings is 1. The van der Waals surface area contributed by atoms with E-state index in [-0.39, 0.29) is 31.4 Å². The minimum absolute atomic E-state index is 0.00265. The minimum atomic E-state index is -3.90. The standard InChI is InChI=1S/C34H44N6O8S/c1-33(2,3)48-32(45)37-26-10-8-6-4-5-7-9-23-18-34(23,31(44)39-49(46,47)25-15-16-25)38-29(42)27-17-24(20-40(27)30(26)43)36-28(41)22-13-11-21(19-35)12-14-22/h7,9,11-14,23-27H,4-6,8,10,15-18,20H2,1-3H3,(H,36,41)(H,37,45)(H,38,42)(H,39,44)/t23-,24-,26+,27+,34-/m1/s1. The van der Waals surface area contributed by atoms with Gasteiger partial charge in [-0.3, -0.25) is 23.9 Å². The predicted molar refractivity (Wildman–Crippen MR) is 177 cm³/mol. The van der Waals surface area contributed by atoms with Crippen molar-refractivity contribution in [2.75, 3.05) is 6.54 Å². The lowest BCUT2D eigenvalue weighted by Gasteiger charge is -2.30. The third-order valence-electron chi connectivity index (χ3n) is 9.18. The summed E-state index contributed by atoms with van der Waals surface area (Å²) in [6.45, 7) is 5.04. The van der Waals surface area contributed by atoms with Crippen LogP contribution in [0.1, 0.15) is 94.5 Å². The number of hydrogen-bond acceptors (Lipinski definition) is 9. The summed E-state index contributed by atoms with van der Waals surface area (Å²) in [5.41, 5.74) is -1.68. The second kappa shape index (κ2) is 14.2. The summed E-state index contributed by atoms with van der Waals surface area (Å²) in [6, 6.07) is 5.14. The van der Waals surface area contributed by atoms with Gasteiger partial charge in [0.05, 0.1) is 16.9 Å². The lowest BCUT2D eigenvalue weighted by atomic mass is 10.0. The molecule has 2 aliphatic carbocycles. The molecule has 4 N–H and O–H groups in total. The molecule has 5 rings (SSSR count). The van der Waals surface area contributed by atoms with Gasteiger partial charge in [0.15, 0.2) is 0 Å². The molecule has 5 atom stereocenters. The molecule has 0 spiro atoms. The van der Waals surface area contributed by atoms with Gasteiger partial charge in [-0.2, -0.15) is 5.26 Å². The number of alkyl carbamates (subject to hydrolysis) is 1. The first-order valence-electron chi connectivity index (χ1n) is 16.8. The van der Waals surface area contributed by atoms with Crippen LogP contribution in [0.5, 0.6) is 0 Å². The topological polar surface area (TPSA) is 204 Å². The number of nitrogens with one attached hydrogen (secondary N) is 4. The van der Waals surface area contributed by atoms with Crippen LogP contribution in [0.25, 0.3) is 0 Å². The number of carbonyl (C=O) groups is 5. The van der Waals surface area contributed by atoms with Crippen LogP contribution in [0.15, 0.2) is 36.4 Å². The van der Waals surface area contributed by atoms with Gasteiger partial charge >= 0.3 is 6.09 Å². The smallest absolute Gasteiger partial charge is 0.408 e. The molecule has 0 radical (unpaired) electrons. The molecule has 2 aliphatic heterocycles. The summed E-state index contributed by atoms with van der Waals surface area (Å²) in [7, 11) is -3.90. The molecule has 1 saturated heterocycles. The largest absolute Gasteiger partial charge is 0.444 e. The highest BCUT2D eigenvalue weighted by Gasteiger charge is 2.62. The minimum Gasteiger partial charge on any atom is -0.444 e. The summed E-state index contributed by atoms with van der Waals surface area (Å²) in [4.78, 5) is 69.2. The van der Waals surface area contributed by atoms with Crippen molar-refractivity contribution in [1.82, 2.24) is 25.6 Å². The quantitative estimate of drug-likeness (QED) is 0.321. The van der Waals surface area contributed by atoms with Gasteiger partial charge in [0.1, 0.15) is 23.2 Å². The molecule has 2 saturated carbocycles. The van der Waals surface area contributed by atoms with Crippen LogP contribution in [0.4, 0.5) is 4.79 Å². The number of carbonyl (C=O) groups excluding carboxylic acids is 5. The molecule has 264 valence electrons. The van der Waals surface area contributed by atoms with Crippen LogP contribution in [-0.2, 0) is 29.1 Å². The van der Waals surface area contributed by atoms with Gasteiger partial charge in [-0.25, -0.2) is 13.2 Å². The highest BCUT2D eigenvalue weighted by molar-refractivity contribution is 7.91. The zero-order chi connectivity index (χ0) is 35.6. The number of nitriles is 1. The number of nitrogens with zero attached hydrogens (tertiary/aromatic N) is 2. The maximum Gasteiger partial charge on any atom is 0.408 e. The molecule has 2 heterocycles. The first-order chi connectivity index (χ1) is 23.1. The van der Waals surface area contributed by atoms with Crippen molar-refractivity contribution in [1.29, 1.82) is 5.26 Å². The van der Waals surface area contributed by atoms with Crippen molar-refractivity contribution in [3.63, 3.8) is 0 Å². The highest BCUT2D eigenvalue weighted by Crippen LogP contribution is 2.46. The van der Waals surface area contributed by atoms with E-state index in [1.807, 2.05) is 18.2 Å². The Labute approximate surface area is 286 Å². The Kier molecular flexibility index (Phi) is 10.4. The number of rotatable bonds is 6. The Hall–Kier alpha value is -4.45. The molecule has 0 aromatic heterocycles. The zero-order valence-electron chi connectivity index (χ0n) is 28.0. The second-order valence-corrected chi connectivity index (χ2v) is 16.3. The number of ether oxygens (including phenoxy) is 1. The third-order valence-corrected chi connectivity index (χ3v) is 11.0. The summed E-state index contributed by atoms with van der Waals surface area (Å²) in [5, 5.41) is 16.8. The normalized spacial score (nSPS) is 27.6. The Balaban J connectivity index is 1.42. The van der Waals surface area contributed by atoms with E-state index in [0.29, 0.717) is 31.2 Å². The summed E-state index contributed by atoms with van der Waals surface area (Å²) in [6.07, 6.45) is 7.12. The summed E-state index contributed by atoms with van der Waals surface area (Å²) < 4.78 is 33.0. The van der Waals surface area contributed by atoms with Crippen molar-refractivity contribution in [2.24, 2.45) is 5.92 Å². The van der Waals surface area contributed by atoms with Crippen LogP contribution >= 0.6 is 0 Å². The summed E-state index contributed by atoms with van der Waals surface area (Å²) in [5.74, 6) is -2.96. The monoisotopic (exact) mass is 696 g/mol. The Morgan fingerprint density at radius 1 is 1.04 bits per heavy atom. The van der Waals surface area contributed by atoms with E-state index in [0.717, 1.165) is 12.8 Å². The maximum atomic E-state index is 14.2. The van der Waals surface area contributed by atoms with Gasteiger partial charge in [0.2, 0.25) is 21.8 Å². The molecule has 3 fully saturated rings. The SMILES string of the molecule is CC(C)(C)OC(=O)N[C@H]1CCCCCC=C[C@@H]2C[C@@]2(C(=O)NS(=O)(=O)C2CC2)NC(=O)[C@@H]2C[C@@H](NC(=O)c3ccc(C#N)cc3)CN2C1=O. The zero-order valence-corrected chi connectivity index (χ0v) is 28.8. The molecule has 14 nitrogen and oxygen atoms in total. The van der Waals surface area contributed by atoms with Crippen molar-refractivity contribution in [3.8, 4) is 6.07 Å². The van der Waals surface area contributed by atoms with Crippen LogP contribution in [0.2, 0.25) is 0 Å². The fourth-order valence-corrected chi connectivity index (χ4v) is 7.68. The first kappa shape index (κ1) is 35.8. The number of hydrogen-bond donors (Lipinski definition) is 4. The number of allylic oxidation sites excluding steroid dienone is 1. The van der Waals surface area contributed by atoms with Gasteiger partial charge in [-0.05, 0) is 90.0 Å². The van der Waals surface area contributed by atoms with Crippen molar-refractivity contribution in [2.45, 2.75) is 113 Å². The second-order valence-electron chi connectivity index (χ2n) is 14.3. The van der Waals surface area contributed by atoms with E-state index in [2.05, 4.69) is 20.7 Å². The first-order valence-corrected chi connectivity index (χ1v) is 18.3. The van der Waals surface area contributed by atoms with E-state index in [4.69, 9.17) is 10.00 Å². The maximum absolute atomic E-state index is 14.2. The van der Waals surface area contributed by atoms with Crippen LogP contribution in [0.3, 0.4) is 0 Å². The molecule has 1 aromatic rings. The van der Waals surface area contributed by atoms with Crippen molar-refractivity contribution >= 4 is 39.7 Å². The number of fused-ring (bicyclic) bond motifs is 2. The van der Waals surface area contributed by atoms with Crippen LogP contribution in [-0.4, -0.2) is 84.1 Å². The Morgan fingerprint density at radius 2 is 1.76 bits per heavy atom. The van der Waals surface area contributed by atoms with E-state index < -0.39 is 80.2 Å². The molecule has 0 unspecified atom stereocenters. The molecular weight excluding hydrogens is 652 g/mol. The van der Waals surface area contributed by atoms with Gasteiger partial charge in [-0.1, -0.05) is 25.0 Å². The van der Waals surface area contributed by atoms with Gasteiger partial charge in [0, 0.05) is 24.1 Å². The van der Waals surface area contributed by atoms with Gasteiger partial charge in [0.25, 0.3) is 11.8 Å².